The molecule has 0 saturated heterocycles. The van der Waals surface area contributed by atoms with Crippen molar-refractivity contribution >= 4 is 11.8 Å². The molecule has 1 rings (SSSR count). The minimum absolute atomic E-state index is 0.485. The van der Waals surface area contributed by atoms with E-state index in [9.17, 15) is 0 Å². The molecule has 1 aliphatic carbocycles. The van der Waals surface area contributed by atoms with Gasteiger partial charge in [0.1, 0.15) is 0 Å². The average molecular weight is 187 g/mol. The number of nitrogens with two attached hydrogens (primary N) is 1. The molecule has 2 atom stereocenters. The normalized spacial score (nSPS) is 34.2. The summed E-state index contributed by atoms with van der Waals surface area (Å²) in [6.45, 7) is 7.71. The molecule has 0 aromatic carbocycles. The van der Waals surface area contributed by atoms with Gasteiger partial charge in [-0.2, -0.15) is 11.8 Å². The molecule has 72 valence electrons. The van der Waals surface area contributed by atoms with Gasteiger partial charge < -0.3 is 5.73 Å². The zero-order chi connectivity index (χ0) is 9.19. The molecule has 0 spiro atoms. The van der Waals surface area contributed by atoms with Crippen LogP contribution in [0.4, 0.5) is 0 Å². The molecule has 0 aromatic rings. The molecule has 0 radical (unpaired) electrons. The van der Waals surface area contributed by atoms with Crippen LogP contribution in [0.3, 0.4) is 0 Å². The van der Waals surface area contributed by atoms with Crippen molar-refractivity contribution in [2.24, 2.45) is 17.6 Å². The molecule has 2 unspecified atom stereocenters. The van der Waals surface area contributed by atoms with Gasteiger partial charge in [0, 0.05) is 11.3 Å². The topological polar surface area (TPSA) is 26.0 Å². The Balaban J connectivity index is 2.29. The Morgan fingerprint density at radius 2 is 2.25 bits per heavy atom. The lowest BCUT2D eigenvalue weighted by atomic mass is 10.2. The van der Waals surface area contributed by atoms with Crippen molar-refractivity contribution in [3.63, 3.8) is 0 Å². The standard InChI is InChI=1S/C10H21NS/c1-4-9-5-10(9,7-11)12-6-8(2)3/h8-9H,4-7,11H2,1-3H3. The number of hydrogen-bond acceptors (Lipinski definition) is 2. The van der Waals surface area contributed by atoms with Crippen molar-refractivity contribution in [3.8, 4) is 0 Å². The molecule has 2 heteroatoms. The van der Waals surface area contributed by atoms with Crippen molar-refractivity contribution in [1.29, 1.82) is 0 Å². The highest BCUT2D eigenvalue weighted by Gasteiger charge is 2.51. The van der Waals surface area contributed by atoms with Gasteiger partial charge >= 0.3 is 0 Å². The maximum Gasteiger partial charge on any atom is 0.0314 e. The van der Waals surface area contributed by atoms with Crippen molar-refractivity contribution in [2.45, 2.75) is 38.4 Å². The highest BCUT2D eigenvalue weighted by molar-refractivity contribution is 8.01. The SMILES string of the molecule is CCC1CC1(CN)SCC(C)C. The summed E-state index contributed by atoms with van der Waals surface area (Å²) in [5.74, 6) is 2.98. The van der Waals surface area contributed by atoms with Crippen LogP contribution in [0.1, 0.15) is 33.6 Å². The highest BCUT2D eigenvalue weighted by Crippen LogP contribution is 2.55. The number of hydrogen-bond donors (Lipinski definition) is 1. The lowest BCUT2D eigenvalue weighted by Crippen LogP contribution is -2.22. The van der Waals surface area contributed by atoms with E-state index in [-0.39, 0.29) is 0 Å². The van der Waals surface area contributed by atoms with Gasteiger partial charge in [-0.25, -0.2) is 0 Å². The molecule has 1 fully saturated rings. The monoisotopic (exact) mass is 187 g/mol. The first-order chi connectivity index (χ1) is 5.64. The lowest BCUT2D eigenvalue weighted by molar-refractivity contribution is 0.706. The van der Waals surface area contributed by atoms with Crippen LogP contribution in [0.2, 0.25) is 0 Å². The van der Waals surface area contributed by atoms with Crippen molar-refractivity contribution in [1.82, 2.24) is 0 Å². The summed E-state index contributed by atoms with van der Waals surface area (Å²) in [4.78, 5) is 0. The van der Waals surface area contributed by atoms with E-state index >= 15 is 0 Å². The lowest BCUT2D eigenvalue weighted by Gasteiger charge is -2.15. The fourth-order valence-electron chi connectivity index (χ4n) is 1.69. The van der Waals surface area contributed by atoms with Crippen LogP contribution in [-0.2, 0) is 0 Å². The van der Waals surface area contributed by atoms with E-state index in [1.54, 1.807) is 0 Å². The van der Waals surface area contributed by atoms with Gasteiger partial charge in [0.15, 0.2) is 0 Å². The first-order valence-corrected chi connectivity index (χ1v) is 5.97. The smallest absolute Gasteiger partial charge is 0.0314 e. The highest BCUT2D eigenvalue weighted by atomic mass is 32.2. The third-order valence-corrected chi connectivity index (χ3v) is 4.79. The van der Waals surface area contributed by atoms with Crippen molar-refractivity contribution < 1.29 is 0 Å². The van der Waals surface area contributed by atoms with Crippen LogP contribution in [0, 0.1) is 11.8 Å². The molecular weight excluding hydrogens is 166 g/mol. The Labute approximate surface area is 80.5 Å². The Kier molecular flexibility index (Phi) is 3.47. The van der Waals surface area contributed by atoms with Crippen LogP contribution in [0.15, 0.2) is 0 Å². The summed E-state index contributed by atoms with van der Waals surface area (Å²) in [5.41, 5.74) is 5.80. The minimum Gasteiger partial charge on any atom is -0.329 e. The molecule has 0 heterocycles. The Bertz CT molecular complexity index is 147. The van der Waals surface area contributed by atoms with Crippen molar-refractivity contribution in [3.05, 3.63) is 0 Å². The molecule has 1 saturated carbocycles. The van der Waals surface area contributed by atoms with Crippen LogP contribution < -0.4 is 5.73 Å². The summed E-state index contributed by atoms with van der Waals surface area (Å²) in [6.07, 6.45) is 2.67. The van der Waals surface area contributed by atoms with E-state index in [2.05, 4.69) is 32.5 Å². The second kappa shape index (κ2) is 4.01. The molecule has 2 N–H and O–H groups in total. The van der Waals surface area contributed by atoms with Crippen LogP contribution in [-0.4, -0.2) is 17.0 Å². The summed E-state index contributed by atoms with van der Waals surface area (Å²) in [6, 6.07) is 0. The Morgan fingerprint density at radius 3 is 2.58 bits per heavy atom. The first kappa shape index (κ1) is 10.4. The molecule has 1 aliphatic rings. The largest absolute Gasteiger partial charge is 0.329 e. The summed E-state index contributed by atoms with van der Waals surface area (Å²) in [7, 11) is 0. The molecule has 0 aromatic heterocycles. The van der Waals surface area contributed by atoms with Gasteiger partial charge in [-0.15, -0.1) is 0 Å². The second-order valence-electron chi connectivity index (χ2n) is 4.28. The number of rotatable bonds is 5. The van der Waals surface area contributed by atoms with Gasteiger partial charge in [0.2, 0.25) is 0 Å². The predicted octanol–water partition coefficient (Wildman–Crippen LogP) is 2.50. The minimum atomic E-state index is 0.485. The van der Waals surface area contributed by atoms with Crippen LogP contribution in [0.25, 0.3) is 0 Å². The molecule has 1 nitrogen and oxygen atoms in total. The summed E-state index contributed by atoms with van der Waals surface area (Å²) in [5, 5.41) is 0. The van der Waals surface area contributed by atoms with Crippen LogP contribution in [0.5, 0.6) is 0 Å². The zero-order valence-electron chi connectivity index (χ0n) is 8.47. The molecular formula is C10H21NS. The Morgan fingerprint density at radius 1 is 1.58 bits per heavy atom. The van der Waals surface area contributed by atoms with E-state index in [1.165, 1.54) is 18.6 Å². The van der Waals surface area contributed by atoms with Gasteiger partial charge in [0.25, 0.3) is 0 Å². The zero-order valence-corrected chi connectivity index (χ0v) is 9.29. The van der Waals surface area contributed by atoms with E-state index in [0.29, 0.717) is 4.75 Å². The maximum atomic E-state index is 5.80. The van der Waals surface area contributed by atoms with E-state index in [0.717, 1.165) is 18.4 Å². The van der Waals surface area contributed by atoms with Gasteiger partial charge in [-0.1, -0.05) is 27.2 Å². The number of thioether (sulfide) groups is 1. The summed E-state index contributed by atoms with van der Waals surface area (Å²) >= 11 is 2.11. The second-order valence-corrected chi connectivity index (χ2v) is 5.72. The fraction of sp³-hybridized carbons (Fsp3) is 1.00. The maximum absolute atomic E-state index is 5.80. The fourth-order valence-corrected chi connectivity index (χ4v) is 3.20. The van der Waals surface area contributed by atoms with Crippen LogP contribution >= 0.6 is 11.8 Å². The van der Waals surface area contributed by atoms with E-state index < -0.39 is 0 Å². The van der Waals surface area contributed by atoms with Crippen molar-refractivity contribution in [2.75, 3.05) is 12.3 Å². The van der Waals surface area contributed by atoms with Gasteiger partial charge in [-0.3, -0.25) is 0 Å². The van der Waals surface area contributed by atoms with E-state index in [4.69, 9.17) is 5.73 Å². The molecule has 0 aliphatic heterocycles. The third-order valence-electron chi connectivity index (χ3n) is 2.72. The Hall–Kier alpha value is 0.310. The predicted molar refractivity (Wildman–Crippen MR) is 57.5 cm³/mol. The molecule has 12 heavy (non-hydrogen) atoms. The van der Waals surface area contributed by atoms with Gasteiger partial charge in [0.05, 0.1) is 0 Å². The van der Waals surface area contributed by atoms with E-state index in [1.807, 2.05) is 0 Å². The average Bonchev–Trinajstić information content (AvgIpc) is 2.76. The van der Waals surface area contributed by atoms with Gasteiger partial charge in [-0.05, 0) is 24.0 Å². The third kappa shape index (κ3) is 2.17. The molecule has 0 amide bonds. The summed E-state index contributed by atoms with van der Waals surface area (Å²) < 4.78 is 0.485. The molecule has 0 bridgehead atoms. The quantitative estimate of drug-likeness (QED) is 0.715. The first-order valence-electron chi connectivity index (χ1n) is 4.98.